The fourth-order valence-corrected chi connectivity index (χ4v) is 5.19. The molecule has 1 N–H and O–H groups in total. The molecule has 0 saturated heterocycles. The van der Waals surface area contributed by atoms with Gasteiger partial charge in [0.05, 0.1) is 6.61 Å². The van der Waals surface area contributed by atoms with Crippen LogP contribution in [0.1, 0.15) is 150 Å². The molecule has 3 heteroatoms. The molecule has 0 bridgehead atoms. The van der Waals surface area contributed by atoms with E-state index in [2.05, 4.69) is 72.8 Å². The quantitative estimate of drug-likeness (QED) is 0.116. The maximum Gasteiger partial charge on any atom is 0.119 e. The number of aliphatic hydroxyl groups is 1. The van der Waals surface area contributed by atoms with Crippen molar-refractivity contribution < 1.29 is 14.6 Å². The van der Waals surface area contributed by atoms with Crippen LogP contribution in [0.2, 0.25) is 0 Å². The highest BCUT2D eigenvalue weighted by molar-refractivity contribution is 5.31. The summed E-state index contributed by atoms with van der Waals surface area (Å²) >= 11 is 0. The molecular formula is C36H66O3. The van der Waals surface area contributed by atoms with Crippen LogP contribution in [-0.2, 0) is 10.2 Å². The first-order valence-corrected chi connectivity index (χ1v) is 16.2. The molecule has 0 aliphatic heterocycles. The summed E-state index contributed by atoms with van der Waals surface area (Å²) in [5.41, 5.74) is 1.80. The normalized spacial score (nSPS) is 12.0. The fraction of sp³-hybridized carbons (Fsp3) is 0.778. The van der Waals surface area contributed by atoms with Crippen LogP contribution in [0.4, 0.5) is 0 Å². The number of ether oxygens (including phenoxy) is 2. The molecule has 0 saturated carbocycles. The molecule has 0 unspecified atom stereocenters. The van der Waals surface area contributed by atoms with Gasteiger partial charge >= 0.3 is 0 Å². The van der Waals surface area contributed by atoms with Crippen LogP contribution in [0.5, 0.6) is 5.75 Å². The van der Waals surface area contributed by atoms with Crippen LogP contribution in [0, 0.1) is 5.41 Å². The monoisotopic (exact) mass is 547 g/mol. The lowest BCUT2D eigenvalue weighted by Gasteiger charge is -2.33. The standard InChI is InChI=1S/C20H40O.C16H26O2/c1-3-5-6-7-8-9-10-11-12-13-14-15-16-17-18-19-20-21-4-2;1-15(2,3)12-16(4,5)13-6-8-14(9-7-13)18-11-10-17/h11-12H,3-10,13-20H2,1-2H3;6-9,17H,10-12H2,1-5H3/b12-11-;. The van der Waals surface area contributed by atoms with E-state index in [1.54, 1.807) is 0 Å². The third-order valence-corrected chi connectivity index (χ3v) is 6.97. The number of aliphatic hydroxyl groups excluding tert-OH is 1. The Morgan fingerprint density at radius 2 is 1.18 bits per heavy atom. The van der Waals surface area contributed by atoms with Crippen molar-refractivity contribution in [1.82, 2.24) is 0 Å². The van der Waals surface area contributed by atoms with E-state index in [-0.39, 0.29) is 12.0 Å². The predicted molar refractivity (Wildman–Crippen MR) is 172 cm³/mol. The van der Waals surface area contributed by atoms with E-state index in [1.165, 1.54) is 95.5 Å². The lowest BCUT2D eigenvalue weighted by molar-refractivity contribution is 0.143. The van der Waals surface area contributed by atoms with Crippen molar-refractivity contribution in [2.75, 3.05) is 26.4 Å². The highest BCUT2D eigenvalue weighted by atomic mass is 16.5. The van der Waals surface area contributed by atoms with Gasteiger partial charge in [-0.2, -0.15) is 0 Å². The summed E-state index contributed by atoms with van der Waals surface area (Å²) in [6.07, 6.45) is 25.1. The topological polar surface area (TPSA) is 38.7 Å². The van der Waals surface area contributed by atoms with Crippen molar-refractivity contribution in [2.45, 2.75) is 150 Å². The third-order valence-electron chi connectivity index (χ3n) is 6.97. The van der Waals surface area contributed by atoms with E-state index in [1.807, 2.05) is 12.1 Å². The largest absolute Gasteiger partial charge is 0.491 e. The minimum Gasteiger partial charge on any atom is -0.491 e. The second kappa shape index (κ2) is 24.5. The van der Waals surface area contributed by atoms with E-state index in [0.29, 0.717) is 12.0 Å². The summed E-state index contributed by atoms with van der Waals surface area (Å²) in [7, 11) is 0. The van der Waals surface area contributed by atoms with E-state index in [9.17, 15) is 0 Å². The zero-order valence-electron chi connectivity index (χ0n) is 27.2. The molecule has 39 heavy (non-hydrogen) atoms. The van der Waals surface area contributed by atoms with Gasteiger partial charge in [-0.15, -0.1) is 0 Å². The fourth-order valence-electron chi connectivity index (χ4n) is 5.19. The highest BCUT2D eigenvalue weighted by Crippen LogP contribution is 2.36. The molecule has 0 aliphatic carbocycles. The van der Waals surface area contributed by atoms with Crippen LogP contribution >= 0.6 is 0 Å². The number of allylic oxidation sites excluding steroid dienone is 2. The first-order chi connectivity index (χ1) is 18.7. The van der Waals surface area contributed by atoms with Crippen LogP contribution in [0.15, 0.2) is 36.4 Å². The Kier molecular flexibility index (Phi) is 23.6. The van der Waals surface area contributed by atoms with Gasteiger partial charge in [0.2, 0.25) is 0 Å². The third kappa shape index (κ3) is 24.2. The van der Waals surface area contributed by atoms with Gasteiger partial charge in [-0.3, -0.25) is 0 Å². The summed E-state index contributed by atoms with van der Waals surface area (Å²) in [5, 5.41) is 8.71. The van der Waals surface area contributed by atoms with Crippen LogP contribution < -0.4 is 4.74 Å². The average molecular weight is 547 g/mol. The molecule has 0 heterocycles. The number of rotatable bonds is 22. The number of hydrogen-bond acceptors (Lipinski definition) is 3. The molecule has 228 valence electrons. The number of unbranched alkanes of at least 4 members (excludes halogenated alkanes) is 12. The molecule has 3 nitrogen and oxygen atoms in total. The Morgan fingerprint density at radius 1 is 0.667 bits per heavy atom. The lowest BCUT2D eigenvalue weighted by atomic mass is 9.72. The molecule has 0 radical (unpaired) electrons. The SMILES string of the molecule is CC(C)(C)CC(C)(C)c1ccc(OCCO)cc1.CCCCCCCC/C=C\CCCCCCCCOCC. The number of benzene rings is 1. The van der Waals surface area contributed by atoms with E-state index in [4.69, 9.17) is 14.6 Å². The zero-order chi connectivity index (χ0) is 29.2. The minimum atomic E-state index is 0.0528. The van der Waals surface area contributed by atoms with Crippen molar-refractivity contribution in [3.8, 4) is 5.75 Å². The summed E-state index contributed by atoms with van der Waals surface area (Å²) in [5.74, 6) is 0.819. The lowest BCUT2D eigenvalue weighted by Crippen LogP contribution is -2.24. The van der Waals surface area contributed by atoms with Gasteiger partial charge in [-0.25, -0.2) is 0 Å². The van der Waals surface area contributed by atoms with Gasteiger partial charge in [0.1, 0.15) is 12.4 Å². The maximum atomic E-state index is 8.71. The van der Waals surface area contributed by atoms with Gasteiger partial charge in [0.15, 0.2) is 0 Å². The molecule has 1 aromatic rings. The van der Waals surface area contributed by atoms with E-state index < -0.39 is 0 Å². The predicted octanol–water partition coefficient (Wildman–Crippen LogP) is 10.8. The second-order valence-electron chi connectivity index (χ2n) is 12.9. The average Bonchev–Trinajstić information content (AvgIpc) is 2.88. The Hall–Kier alpha value is -1.32. The van der Waals surface area contributed by atoms with Crippen LogP contribution in [-0.4, -0.2) is 31.5 Å². The smallest absolute Gasteiger partial charge is 0.119 e. The molecule has 1 rings (SSSR count). The van der Waals surface area contributed by atoms with E-state index >= 15 is 0 Å². The highest BCUT2D eigenvalue weighted by Gasteiger charge is 2.27. The molecule has 0 spiro atoms. The van der Waals surface area contributed by atoms with Crippen molar-refractivity contribution in [3.05, 3.63) is 42.0 Å². The molecule has 1 aromatic carbocycles. The Labute approximate surface area is 244 Å². The summed E-state index contributed by atoms with van der Waals surface area (Å²) in [4.78, 5) is 0. The summed E-state index contributed by atoms with van der Waals surface area (Å²) in [6.45, 7) is 18.0. The summed E-state index contributed by atoms with van der Waals surface area (Å²) < 4.78 is 10.7. The molecule has 0 aromatic heterocycles. The van der Waals surface area contributed by atoms with Gasteiger partial charge in [-0.05, 0) is 74.0 Å². The van der Waals surface area contributed by atoms with Crippen LogP contribution in [0.25, 0.3) is 0 Å². The minimum absolute atomic E-state index is 0.0528. The molecule has 0 amide bonds. The molecule has 0 atom stereocenters. The second-order valence-corrected chi connectivity index (χ2v) is 12.9. The first-order valence-electron chi connectivity index (χ1n) is 16.2. The van der Waals surface area contributed by atoms with E-state index in [0.717, 1.165) is 25.4 Å². The first kappa shape index (κ1) is 37.7. The Balaban J connectivity index is 0.000000748. The van der Waals surface area contributed by atoms with Crippen molar-refractivity contribution in [2.24, 2.45) is 5.41 Å². The van der Waals surface area contributed by atoms with Crippen LogP contribution in [0.3, 0.4) is 0 Å². The molecule has 0 aliphatic rings. The van der Waals surface area contributed by atoms with Gasteiger partial charge in [0.25, 0.3) is 0 Å². The van der Waals surface area contributed by atoms with Gasteiger partial charge in [0, 0.05) is 13.2 Å². The Morgan fingerprint density at radius 3 is 1.67 bits per heavy atom. The molecule has 0 fully saturated rings. The van der Waals surface area contributed by atoms with Gasteiger partial charge < -0.3 is 14.6 Å². The number of hydrogen-bond donors (Lipinski definition) is 1. The van der Waals surface area contributed by atoms with Gasteiger partial charge in [-0.1, -0.05) is 124 Å². The zero-order valence-corrected chi connectivity index (χ0v) is 27.2. The Bertz CT molecular complexity index is 670. The van der Waals surface area contributed by atoms with Crippen molar-refractivity contribution >= 4 is 0 Å². The van der Waals surface area contributed by atoms with Crippen molar-refractivity contribution in [1.29, 1.82) is 0 Å². The molecular weight excluding hydrogens is 480 g/mol. The summed E-state index contributed by atoms with van der Waals surface area (Å²) in [6, 6.07) is 8.21. The maximum absolute atomic E-state index is 8.71. The van der Waals surface area contributed by atoms with Crippen molar-refractivity contribution in [3.63, 3.8) is 0 Å².